The average molecular weight is 335 g/mol. The van der Waals surface area contributed by atoms with Crippen molar-refractivity contribution in [1.29, 1.82) is 0 Å². The predicted molar refractivity (Wildman–Crippen MR) is 94.8 cm³/mol. The summed E-state index contributed by atoms with van der Waals surface area (Å²) >= 11 is 0. The summed E-state index contributed by atoms with van der Waals surface area (Å²) in [7, 11) is 0. The first-order valence-electron chi connectivity index (χ1n) is 7.99. The molecule has 0 aliphatic rings. The second kappa shape index (κ2) is 8.11. The van der Waals surface area contributed by atoms with Crippen LogP contribution in [0, 0.1) is 5.82 Å². The van der Waals surface area contributed by atoms with Gasteiger partial charge in [-0.2, -0.15) is 0 Å². The van der Waals surface area contributed by atoms with Gasteiger partial charge in [0.1, 0.15) is 11.6 Å². The monoisotopic (exact) mass is 335 g/mol. The van der Waals surface area contributed by atoms with Crippen molar-refractivity contribution in [3.8, 4) is 0 Å². The Bertz CT molecular complexity index is 841. The van der Waals surface area contributed by atoms with Crippen LogP contribution in [0.5, 0.6) is 0 Å². The minimum absolute atomic E-state index is 0.162. The number of rotatable bonds is 6. The van der Waals surface area contributed by atoms with Crippen molar-refractivity contribution in [2.24, 2.45) is 0 Å². The van der Waals surface area contributed by atoms with Crippen LogP contribution < -0.4 is 0 Å². The fourth-order valence-corrected chi connectivity index (χ4v) is 2.49. The SMILES string of the molecule is O=C(C=Cc1cccc(F)c1)N(Cc1ccccc1)Cc1ccco1. The summed E-state index contributed by atoms with van der Waals surface area (Å²) in [6, 6.07) is 19.5. The molecule has 0 saturated heterocycles. The lowest BCUT2D eigenvalue weighted by atomic mass is 10.2. The van der Waals surface area contributed by atoms with Gasteiger partial charge in [-0.25, -0.2) is 4.39 Å². The van der Waals surface area contributed by atoms with E-state index in [9.17, 15) is 9.18 Å². The zero-order valence-electron chi connectivity index (χ0n) is 13.6. The van der Waals surface area contributed by atoms with Gasteiger partial charge in [-0.05, 0) is 41.5 Å². The van der Waals surface area contributed by atoms with Gasteiger partial charge in [-0.1, -0.05) is 42.5 Å². The Hall–Kier alpha value is -3.14. The number of carbonyl (C=O) groups is 1. The highest BCUT2D eigenvalue weighted by molar-refractivity contribution is 5.91. The molecule has 0 aliphatic heterocycles. The van der Waals surface area contributed by atoms with Gasteiger partial charge < -0.3 is 9.32 Å². The molecule has 3 rings (SSSR count). The van der Waals surface area contributed by atoms with E-state index in [2.05, 4.69) is 0 Å². The van der Waals surface area contributed by atoms with E-state index in [1.165, 1.54) is 18.2 Å². The zero-order valence-corrected chi connectivity index (χ0v) is 13.6. The molecule has 0 N–H and O–H groups in total. The van der Waals surface area contributed by atoms with Crippen molar-refractivity contribution in [3.63, 3.8) is 0 Å². The maximum absolute atomic E-state index is 13.2. The van der Waals surface area contributed by atoms with Crippen molar-refractivity contribution in [3.05, 3.63) is 102 Å². The van der Waals surface area contributed by atoms with Crippen molar-refractivity contribution in [1.82, 2.24) is 4.90 Å². The quantitative estimate of drug-likeness (QED) is 0.614. The number of carbonyl (C=O) groups excluding carboxylic acids is 1. The first-order chi connectivity index (χ1) is 12.2. The third kappa shape index (κ3) is 4.91. The van der Waals surface area contributed by atoms with Crippen LogP contribution in [-0.2, 0) is 17.9 Å². The second-order valence-corrected chi connectivity index (χ2v) is 5.65. The molecule has 1 heterocycles. The maximum atomic E-state index is 13.2. The summed E-state index contributed by atoms with van der Waals surface area (Å²) in [5.74, 6) is 0.222. The highest BCUT2D eigenvalue weighted by atomic mass is 19.1. The van der Waals surface area contributed by atoms with Gasteiger partial charge in [0.2, 0.25) is 5.91 Å². The van der Waals surface area contributed by atoms with Crippen LogP contribution in [-0.4, -0.2) is 10.8 Å². The van der Waals surface area contributed by atoms with E-state index >= 15 is 0 Å². The highest BCUT2D eigenvalue weighted by Gasteiger charge is 2.13. The lowest BCUT2D eigenvalue weighted by Crippen LogP contribution is -2.28. The number of benzene rings is 2. The number of halogens is 1. The van der Waals surface area contributed by atoms with Gasteiger partial charge in [0, 0.05) is 12.6 Å². The van der Waals surface area contributed by atoms with E-state index in [-0.39, 0.29) is 11.7 Å². The molecular weight excluding hydrogens is 317 g/mol. The molecule has 3 nitrogen and oxygen atoms in total. The molecule has 1 amide bonds. The third-order valence-electron chi connectivity index (χ3n) is 3.72. The van der Waals surface area contributed by atoms with Gasteiger partial charge in [0.05, 0.1) is 12.8 Å². The molecule has 2 aromatic carbocycles. The lowest BCUT2D eigenvalue weighted by molar-refractivity contribution is -0.127. The largest absolute Gasteiger partial charge is 0.467 e. The Labute approximate surface area is 146 Å². The average Bonchev–Trinajstić information content (AvgIpc) is 3.13. The van der Waals surface area contributed by atoms with E-state index in [1.807, 2.05) is 36.4 Å². The minimum atomic E-state index is -0.327. The number of nitrogens with zero attached hydrogens (tertiary/aromatic N) is 1. The molecule has 0 aliphatic carbocycles. The summed E-state index contributed by atoms with van der Waals surface area (Å²) in [6.07, 6.45) is 4.66. The van der Waals surface area contributed by atoms with E-state index in [0.717, 1.165) is 5.56 Å². The summed E-state index contributed by atoms with van der Waals surface area (Å²) in [6.45, 7) is 0.835. The topological polar surface area (TPSA) is 33.5 Å². The summed E-state index contributed by atoms with van der Waals surface area (Å²) in [5, 5.41) is 0. The minimum Gasteiger partial charge on any atom is -0.467 e. The van der Waals surface area contributed by atoms with E-state index in [1.54, 1.807) is 35.4 Å². The Morgan fingerprint density at radius 3 is 2.56 bits per heavy atom. The van der Waals surface area contributed by atoms with Crippen LogP contribution in [0.15, 0.2) is 83.5 Å². The molecule has 4 heteroatoms. The molecule has 3 aromatic rings. The Morgan fingerprint density at radius 1 is 1.00 bits per heavy atom. The highest BCUT2D eigenvalue weighted by Crippen LogP contribution is 2.12. The lowest BCUT2D eigenvalue weighted by Gasteiger charge is -2.20. The molecule has 25 heavy (non-hydrogen) atoms. The Balaban J connectivity index is 1.76. The van der Waals surface area contributed by atoms with Crippen LogP contribution >= 0.6 is 0 Å². The number of hydrogen-bond acceptors (Lipinski definition) is 2. The van der Waals surface area contributed by atoms with E-state index in [0.29, 0.717) is 24.4 Å². The standard InChI is InChI=1S/C21H18FNO2/c22-19-9-4-8-17(14-19)11-12-21(24)23(16-20-10-5-13-25-20)15-18-6-2-1-3-7-18/h1-14H,15-16H2. The smallest absolute Gasteiger partial charge is 0.247 e. The molecule has 0 spiro atoms. The fraction of sp³-hybridized carbons (Fsp3) is 0.0952. The Kier molecular flexibility index (Phi) is 5.42. The van der Waals surface area contributed by atoms with Crippen molar-refractivity contribution >= 4 is 12.0 Å². The van der Waals surface area contributed by atoms with Crippen LogP contribution in [0.1, 0.15) is 16.9 Å². The number of furan rings is 1. The van der Waals surface area contributed by atoms with Gasteiger partial charge in [-0.3, -0.25) is 4.79 Å². The van der Waals surface area contributed by atoms with Crippen LogP contribution in [0.2, 0.25) is 0 Å². The summed E-state index contributed by atoms with van der Waals surface area (Å²) in [5.41, 5.74) is 1.67. The molecule has 126 valence electrons. The van der Waals surface area contributed by atoms with Gasteiger partial charge in [-0.15, -0.1) is 0 Å². The first-order valence-corrected chi connectivity index (χ1v) is 7.99. The summed E-state index contributed by atoms with van der Waals surface area (Å²) in [4.78, 5) is 14.3. The maximum Gasteiger partial charge on any atom is 0.247 e. The van der Waals surface area contributed by atoms with Crippen molar-refractivity contribution < 1.29 is 13.6 Å². The molecule has 1 aromatic heterocycles. The Morgan fingerprint density at radius 2 is 1.84 bits per heavy atom. The second-order valence-electron chi connectivity index (χ2n) is 5.65. The summed E-state index contributed by atoms with van der Waals surface area (Å²) < 4.78 is 18.6. The zero-order chi connectivity index (χ0) is 17.5. The van der Waals surface area contributed by atoms with Gasteiger partial charge >= 0.3 is 0 Å². The van der Waals surface area contributed by atoms with Crippen LogP contribution in [0.4, 0.5) is 4.39 Å². The number of amides is 1. The van der Waals surface area contributed by atoms with Gasteiger partial charge in [0.15, 0.2) is 0 Å². The van der Waals surface area contributed by atoms with E-state index in [4.69, 9.17) is 4.42 Å². The molecule has 0 fully saturated rings. The molecular formula is C21H18FNO2. The first kappa shape index (κ1) is 16.7. The van der Waals surface area contributed by atoms with Crippen LogP contribution in [0.25, 0.3) is 6.08 Å². The van der Waals surface area contributed by atoms with Gasteiger partial charge in [0.25, 0.3) is 0 Å². The molecule has 0 atom stereocenters. The van der Waals surface area contributed by atoms with E-state index < -0.39 is 0 Å². The normalized spacial score (nSPS) is 10.9. The fourth-order valence-electron chi connectivity index (χ4n) is 2.49. The molecule has 0 saturated carbocycles. The van der Waals surface area contributed by atoms with Crippen molar-refractivity contribution in [2.45, 2.75) is 13.1 Å². The van der Waals surface area contributed by atoms with Crippen molar-refractivity contribution in [2.75, 3.05) is 0 Å². The molecule has 0 unspecified atom stereocenters. The predicted octanol–water partition coefficient (Wildman–Crippen LogP) is 4.66. The molecule has 0 bridgehead atoms. The third-order valence-corrected chi connectivity index (χ3v) is 3.72. The van der Waals surface area contributed by atoms with Crippen LogP contribution in [0.3, 0.4) is 0 Å². The number of hydrogen-bond donors (Lipinski definition) is 0. The molecule has 0 radical (unpaired) electrons.